The molecule has 0 atom stereocenters. The Bertz CT molecular complexity index is 288. The monoisotopic (exact) mass is 242 g/mol. The lowest BCUT2D eigenvalue weighted by atomic mass is 10.2. The Hall–Kier alpha value is -0.830. The molecule has 3 heteroatoms. The topological polar surface area (TPSA) is 26.3 Å². The van der Waals surface area contributed by atoms with Crippen molar-refractivity contribution in [3.63, 3.8) is 0 Å². The van der Waals surface area contributed by atoms with Gasteiger partial charge >= 0.3 is 5.97 Å². The van der Waals surface area contributed by atoms with Gasteiger partial charge in [-0.2, -0.15) is 0 Å². The summed E-state index contributed by atoms with van der Waals surface area (Å²) in [5.41, 5.74) is 0.565. The highest BCUT2D eigenvalue weighted by Gasteiger charge is 2.18. The number of ether oxygens (including phenoxy) is 1. The Morgan fingerprint density at radius 1 is 1.31 bits per heavy atom. The van der Waals surface area contributed by atoms with Crippen molar-refractivity contribution < 1.29 is 9.53 Å². The minimum absolute atomic E-state index is 0.317. The van der Waals surface area contributed by atoms with Gasteiger partial charge in [0, 0.05) is 0 Å². The van der Waals surface area contributed by atoms with Crippen molar-refractivity contribution >= 4 is 21.9 Å². The van der Waals surface area contributed by atoms with Crippen LogP contribution in [0.4, 0.5) is 0 Å². The molecule has 0 aliphatic carbocycles. The summed E-state index contributed by atoms with van der Waals surface area (Å²) >= 11 is 3.23. The molecule has 1 rings (SSSR count). The van der Waals surface area contributed by atoms with Gasteiger partial charge in [-0.15, -0.1) is 0 Å². The van der Waals surface area contributed by atoms with Crippen molar-refractivity contribution in [1.29, 1.82) is 0 Å². The number of alkyl halides is 1. The van der Waals surface area contributed by atoms with E-state index in [4.69, 9.17) is 4.74 Å². The molecule has 0 unspecified atom stereocenters. The van der Waals surface area contributed by atoms with Gasteiger partial charge in [-0.05, 0) is 41.9 Å². The van der Waals surface area contributed by atoms with E-state index in [2.05, 4.69) is 15.9 Å². The number of halogens is 1. The SMILES string of the molecule is CC(C)(Br)OC(=O)c1ccccc1. The second kappa shape index (κ2) is 3.92. The van der Waals surface area contributed by atoms with Gasteiger partial charge in [0.25, 0.3) is 0 Å². The standard InChI is InChI=1S/C10H11BrO2/c1-10(2,11)13-9(12)8-6-4-3-5-7-8/h3-7H,1-2H3. The summed E-state index contributed by atoms with van der Waals surface area (Å²) in [6.07, 6.45) is 0. The molecule has 0 spiro atoms. The number of rotatable bonds is 2. The van der Waals surface area contributed by atoms with Crippen LogP contribution >= 0.6 is 15.9 Å². The number of hydrogen-bond acceptors (Lipinski definition) is 2. The first-order chi connectivity index (χ1) is 5.99. The van der Waals surface area contributed by atoms with Gasteiger partial charge in [0.05, 0.1) is 5.56 Å². The minimum atomic E-state index is -0.611. The maximum atomic E-state index is 11.4. The smallest absolute Gasteiger partial charge is 0.339 e. The first kappa shape index (κ1) is 10.3. The second-order valence-corrected chi connectivity index (χ2v) is 5.03. The van der Waals surface area contributed by atoms with Gasteiger partial charge in [-0.1, -0.05) is 18.2 Å². The molecule has 0 saturated carbocycles. The zero-order valence-corrected chi connectivity index (χ0v) is 9.17. The first-order valence-corrected chi connectivity index (χ1v) is 4.76. The lowest BCUT2D eigenvalue weighted by Crippen LogP contribution is -2.20. The molecule has 0 bridgehead atoms. The zero-order chi connectivity index (χ0) is 9.90. The number of hydrogen-bond donors (Lipinski definition) is 0. The number of carbonyl (C=O) groups is 1. The average molecular weight is 243 g/mol. The van der Waals surface area contributed by atoms with Gasteiger partial charge in [-0.3, -0.25) is 0 Å². The van der Waals surface area contributed by atoms with Gasteiger partial charge < -0.3 is 4.74 Å². The summed E-state index contributed by atoms with van der Waals surface area (Å²) < 4.78 is 4.49. The lowest BCUT2D eigenvalue weighted by Gasteiger charge is -2.17. The van der Waals surface area contributed by atoms with Crippen molar-refractivity contribution in [2.75, 3.05) is 0 Å². The van der Waals surface area contributed by atoms with Gasteiger partial charge in [0.2, 0.25) is 0 Å². The number of benzene rings is 1. The normalized spacial score (nSPS) is 11.0. The molecular weight excluding hydrogens is 232 g/mol. The molecule has 2 nitrogen and oxygen atoms in total. The van der Waals surface area contributed by atoms with Crippen molar-refractivity contribution in [1.82, 2.24) is 0 Å². The van der Waals surface area contributed by atoms with E-state index in [1.54, 1.807) is 38.1 Å². The predicted molar refractivity (Wildman–Crippen MR) is 54.9 cm³/mol. The summed E-state index contributed by atoms with van der Waals surface area (Å²) in [6.45, 7) is 3.54. The van der Waals surface area contributed by atoms with Crippen LogP contribution in [0.25, 0.3) is 0 Å². The summed E-state index contributed by atoms with van der Waals surface area (Å²) in [6, 6.07) is 8.91. The highest BCUT2D eigenvalue weighted by molar-refractivity contribution is 9.10. The fourth-order valence-electron chi connectivity index (χ4n) is 0.854. The van der Waals surface area contributed by atoms with Gasteiger partial charge in [-0.25, -0.2) is 4.79 Å². The van der Waals surface area contributed by atoms with E-state index >= 15 is 0 Å². The summed E-state index contributed by atoms with van der Waals surface area (Å²) in [4.78, 5) is 11.4. The Morgan fingerprint density at radius 3 is 2.31 bits per heavy atom. The first-order valence-electron chi connectivity index (χ1n) is 3.96. The average Bonchev–Trinajstić information content (AvgIpc) is 2.03. The molecule has 0 heterocycles. The molecule has 13 heavy (non-hydrogen) atoms. The maximum absolute atomic E-state index is 11.4. The van der Waals surface area contributed by atoms with Crippen LogP contribution in [0, 0.1) is 0 Å². The van der Waals surface area contributed by atoms with Gasteiger partial charge in [0.15, 0.2) is 4.51 Å². The number of esters is 1. The Morgan fingerprint density at radius 2 is 1.85 bits per heavy atom. The highest BCUT2D eigenvalue weighted by atomic mass is 79.9. The van der Waals surface area contributed by atoms with E-state index in [1.807, 2.05) is 6.07 Å². The van der Waals surface area contributed by atoms with E-state index in [0.29, 0.717) is 5.56 Å². The molecule has 0 N–H and O–H groups in total. The van der Waals surface area contributed by atoms with Gasteiger partial charge in [0.1, 0.15) is 0 Å². The third kappa shape index (κ3) is 3.59. The molecule has 0 aliphatic heterocycles. The largest absolute Gasteiger partial charge is 0.444 e. The van der Waals surface area contributed by atoms with Crippen LogP contribution in [-0.4, -0.2) is 10.5 Å². The van der Waals surface area contributed by atoms with E-state index in [9.17, 15) is 4.79 Å². The second-order valence-electron chi connectivity index (χ2n) is 3.12. The number of carbonyl (C=O) groups excluding carboxylic acids is 1. The Balaban J connectivity index is 2.71. The fourth-order valence-corrected chi connectivity index (χ4v) is 1.00. The van der Waals surface area contributed by atoms with Crippen LogP contribution in [0.15, 0.2) is 30.3 Å². The molecule has 70 valence electrons. The zero-order valence-electron chi connectivity index (χ0n) is 7.58. The van der Waals surface area contributed by atoms with Crippen LogP contribution in [-0.2, 0) is 4.74 Å². The highest BCUT2D eigenvalue weighted by Crippen LogP contribution is 2.19. The molecule has 0 aromatic heterocycles. The Kier molecular flexibility index (Phi) is 3.09. The molecule has 0 saturated heterocycles. The maximum Gasteiger partial charge on any atom is 0.339 e. The third-order valence-electron chi connectivity index (χ3n) is 1.34. The minimum Gasteiger partial charge on any atom is -0.444 e. The lowest BCUT2D eigenvalue weighted by molar-refractivity contribution is 0.0315. The van der Waals surface area contributed by atoms with Crippen molar-refractivity contribution in [2.24, 2.45) is 0 Å². The Labute approximate surface area is 86.0 Å². The summed E-state index contributed by atoms with van der Waals surface area (Å²) in [5, 5.41) is 0. The van der Waals surface area contributed by atoms with Crippen molar-refractivity contribution in [2.45, 2.75) is 18.4 Å². The molecule has 0 radical (unpaired) electrons. The summed E-state index contributed by atoms with van der Waals surface area (Å²) in [5.74, 6) is -0.317. The molecular formula is C10H11BrO2. The molecule has 1 aromatic carbocycles. The molecule has 1 aromatic rings. The van der Waals surface area contributed by atoms with Crippen LogP contribution in [0.1, 0.15) is 24.2 Å². The van der Waals surface area contributed by atoms with Crippen molar-refractivity contribution in [3.05, 3.63) is 35.9 Å². The van der Waals surface area contributed by atoms with Crippen LogP contribution in [0.3, 0.4) is 0 Å². The van der Waals surface area contributed by atoms with Crippen LogP contribution in [0.5, 0.6) is 0 Å². The predicted octanol–water partition coefficient (Wildman–Crippen LogP) is 2.97. The van der Waals surface area contributed by atoms with Crippen LogP contribution < -0.4 is 0 Å². The third-order valence-corrected chi connectivity index (χ3v) is 1.51. The van der Waals surface area contributed by atoms with E-state index in [1.165, 1.54) is 0 Å². The van der Waals surface area contributed by atoms with E-state index < -0.39 is 4.51 Å². The summed E-state index contributed by atoms with van der Waals surface area (Å²) in [7, 11) is 0. The fraction of sp³-hybridized carbons (Fsp3) is 0.300. The molecule has 0 aliphatic rings. The quantitative estimate of drug-likeness (QED) is 0.589. The molecule has 0 amide bonds. The van der Waals surface area contributed by atoms with E-state index in [0.717, 1.165) is 0 Å². The van der Waals surface area contributed by atoms with E-state index in [-0.39, 0.29) is 5.97 Å². The van der Waals surface area contributed by atoms with Crippen LogP contribution in [0.2, 0.25) is 0 Å². The molecule has 0 fully saturated rings. The van der Waals surface area contributed by atoms with Crippen molar-refractivity contribution in [3.8, 4) is 0 Å².